The van der Waals surface area contributed by atoms with Gasteiger partial charge in [0.05, 0.1) is 12.7 Å². The monoisotopic (exact) mass is 278 g/mol. The number of ether oxygens (including phenoxy) is 1. The number of unbranched alkanes of at least 4 members (excludes halogenated alkanes) is 3. The molecule has 1 aromatic rings. The molecule has 5 nitrogen and oxygen atoms in total. The molecule has 0 atom stereocenters. The van der Waals surface area contributed by atoms with Gasteiger partial charge >= 0.3 is 0 Å². The molecule has 1 aromatic carbocycles. The largest absolute Gasteiger partial charge is 0.496 e. The van der Waals surface area contributed by atoms with Gasteiger partial charge in [-0.1, -0.05) is 38.3 Å². The van der Waals surface area contributed by atoms with Gasteiger partial charge in [-0.2, -0.15) is 0 Å². The first-order valence-electron chi connectivity index (χ1n) is 6.91. The van der Waals surface area contributed by atoms with Crippen molar-refractivity contribution in [1.82, 2.24) is 10.9 Å². The molecule has 0 radical (unpaired) electrons. The van der Waals surface area contributed by atoms with Crippen LogP contribution in [0.4, 0.5) is 0 Å². The number of hydrogen-bond donors (Lipinski definition) is 2. The molecule has 5 heteroatoms. The van der Waals surface area contributed by atoms with Crippen LogP contribution in [0.15, 0.2) is 24.3 Å². The topological polar surface area (TPSA) is 67.4 Å². The molecule has 2 N–H and O–H groups in total. The summed E-state index contributed by atoms with van der Waals surface area (Å²) in [4.78, 5) is 23.4. The predicted molar refractivity (Wildman–Crippen MR) is 77.4 cm³/mol. The lowest BCUT2D eigenvalue weighted by molar-refractivity contribution is -0.122. The number of amides is 2. The van der Waals surface area contributed by atoms with Crippen molar-refractivity contribution in [2.24, 2.45) is 0 Å². The Kier molecular flexibility index (Phi) is 7.17. The third-order valence-corrected chi connectivity index (χ3v) is 2.92. The van der Waals surface area contributed by atoms with Crippen LogP contribution in [0.5, 0.6) is 5.75 Å². The van der Waals surface area contributed by atoms with Crippen molar-refractivity contribution in [1.29, 1.82) is 0 Å². The highest BCUT2D eigenvalue weighted by atomic mass is 16.5. The Bertz CT molecular complexity index is 446. The summed E-state index contributed by atoms with van der Waals surface area (Å²) in [5.74, 6) is -0.0871. The van der Waals surface area contributed by atoms with Crippen LogP contribution in [-0.2, 0) is 4.79 Å². The first kappa shape index (κ1) is 16.0. The Balaban J connectivity index is 2.37. The maximum Gasteiger partial charge on any atom is 0.273 e. The van der Waals surface area contributed by atoms with Gasteiger partial charge in [-0.3, -0.25) is 20.4 Å². The summed E-state index contributed by atoms with van der Waals surface area (Å²) < 4.78 is 5.09. The summed E-state index contributed by atoms with van der Waals surface area (Å²) in [5, 5.41) is 0. The number of carbonyl (C=O) groups is 2. The second kappa shape index (κ2) is 8.96. The zero-order valence-electron chi connectivity index (χ0n) is 12.1. The maximum atomic E-state index is 11.9. The zero-order valence-corrected chi connectivity index (χ0v) is 12.1. The van der Waals surface area contributed by atoms with Gasteiger partial charge in [-0.05, 0) is 18.6 Å². The molecule has 0 saturated carbocycles. The summed E-state index contributed by atoms with van der Waals surface area (Å²) in [6.07, 6.45) is 4.55. The van der Waals surface area contributed by atoms with Crippen LogP contribution >= 0.6 is 0 Å². The van der Waals surface area contributed by atoms with Crippen LogP contribution in [0.3, 0.4) is 0 Å². The Morgan fingerprint density at radius 3 is 2.55 bits per heavy atom. The van der Waals surface area contributed by atoms with Gasteiger partial charge in [0.25, 0.3) is 5.91 Å². The highest BCUT2D eigenvalue weighted by molar-refractivity contribution is 5.97. The number of hydrazine groups is 1. The molecule has 0 saturated heterocycles. The molecule has 1 rings (SSSR count). The number of para-hydroxylation sites is 1. The van der Waals surface area contributed by atoms with E-state index in [4.69, 9.17) is 4.74 Å². The summed E-state index contributed by atoms with van der Waals surface area (Å²) in [7, 11) is 1.50. The molecule has 0 unspecified atom stereocenters. The molecule has 0 heterocycles. The van der Waals surface area contributed by atoms with Gasteiger partial charge < -0.3 is 4.74 Å². The fourth-order valence-electron chi connectivity index (χ4n) is 1.80. The van der Waals surface area contributed by atoms with Crippen molar-refractivity contribution in [3.63, 3.8) is 0 Å². The Morgan fingerprint density at radius 2 is 1.85 bits per heavy atom. The van der Waals surface area contributed by atoms with Crippen molar-refractivity contribution < 1.29 is 14.3 Å². The predicted octanol–water partition coefficient (Wildman–Crippen LogP) is 2.43. The molecule has 0 spiro atoms. The number of methoxy groups -OCH3 is 1. The summed E-state index contributed by atoms with van der Waals surface area (Å²) in [6.45, 7) is 2.12. The van der Waals surface area contributed by atoms with Crippen molar-refractivity contribution >= 4 is 11.8 Å². The third-order valence-electron chi connectivity index (χ3n) is 2.92. The van der Waals surface area contributed by atoms with Crippen LogP contribution in [0.25, 0.3) is 0 Å². The molecule has 2 amide bonds. The molecule has 0 aromatic heterocycles. The first-order valence-corrected chi connectivity index (χ1v) is 6.91. The smallest absolute Gasteiger partial charge is 0.273 e. The van der Waals surface area contributed by atoms with E-state index in [1.165, 1.54) is 7.11 Å². The Hall–Kier alpha value is -2.04. The van der Waals surface area contributed by atoms with E-state index in [0.717, 1.165) is 25.7 Å². The van der Waals surface area contributed by atoms with E-state index in [2.05, 4.69) is 17.8 Å². The lowest BCUT2D eigenvalue weighted by Crippen LogP contribution is -2.41. The van der Waals surface area contributed by atoms with Gasteiger partial charge in [0.1, 0.15) is 5.75 Å². The van der Waals surface area contributed by atoms with Crippen molar-refractivity contribution in [3.8, 4) is 5.75 Å². The van der Waals surface area contributed by atoms with Crippen molar-refractivity contribution in [2.75, 3.05) is 7.11 Å². The second-order valence-electron chi connectivity index (χ2n) is 4.51. The SMILES string of the molecule is CCCCCCC(=O)NNC(=O)c1ccccc1OC. The summed E-state index contributed by atoms with van der Waals surface area (Å²) in [5.41, 5.74) is 5.20. The maximum absolute atomic E-state index is 11.9. The second-order valence-corrected chi connectivity index (χ2v) is 4.51. The minimum absolute atomic E-state index is 0.177. The lowest BCUT2D eigenvalue weighted by Gasteiger charge is -2.10. The summed E-state index contributed by atoms with van der Waals surface area (Å²) in [6, 6.07) is 6.86. The number of benzene rings is 1. The van der Waals surface area contributed by atoms with Gasteiger partial charge in [-0.15, -0.1) is 0 Å². The molecule has 0 fully saturated rings. The molecule has 0 aliphatic rings. The average molecular weight is 278 g/mol. The molecule has 0 aliphatic carbocycles. The van der Waals surface area contributed by atoms with Crippen molar-refractivity contribution in [3.05, 3.63) is 29.8 Å². The number of nitrogens with one attached hydrogen (secondary N) is 2. The van der Waals surface area contributed by atoms with E-state index in [0.29, 0.717) is 17.7 Å². The standard InChI is InChI=1S/C15H22N2O3/c1-3-4-5-6-11-14(18)16-17-15(19)12-9-7-8-10-13(12)20-2/h7-10H,3-6,11H2,1-2H3,(H,16,18)(H,17,19). The van der Waals surface area contributed by atoms with Gasteiger partial charge in [0.2, 0.25) is 5.91 Å². The highest BCUT2D eigenvalue weighted by Crippen LogP contribution is 2.16. The molecule has 20 heavy (non-hydrogen) atoms. The Morgan fingerprint density at radius 1 is 1.10 bits per heavy atom. The fourth-order valence-corrected chi connectivity index (χ4v) is 1.80. The van der Waals surface area contributed by atoms with Crippen LogP contribution in [0, 0.1) is 0 Å². The van der Waals surface area contributed by atoms with Crippen LogP contribution in [0.1, 0.15) is 49.4 Å². The molecule has 0 aliphatic heterocycles. The van der Waals surface area contributed by atoms with E-state index in [1.54, 1.807) is 24.3 Å². The lowest BCUT2D eigenvalue weighted by atomic mass is 10.1. The fraction of sp³-hybridized carbons (Fsp3) is 0.467. The molecule has 110 valence electrons. The minimum atomic E-state index is -0.385. The zero-order chi connectivity index (χ0) is 14.8. The minimum Gasteiger partial charge on any atom is -0.496 e. The molecular formula is C15H22N2O3. The van der Waals surface area contributed by atoms with Gasteiger partial charge in [-0.25, -0.2) is 0 Å². The van der Waals surface area contributed by atoms with Crippen LogP contribution in [-0.4, -0.2) is 18.9 Å². The normalized spacial score (nSPS) is 9.90. The van der Waals surface area contributed by atoms with Gasteiger partial charge in [0, 0.05) is 6.42 Å². The van der Waals surface area contributed by atoms with E-state index >= 15 is 0 Å². The molecule has 0 bridgehead atoms. The third kappa shape index (κ3) is 5.30. The number of rotatable bonds is 7. The van der Waals surface area contributed by atoms with E-state index in [-0.39, 0.29) is 11.8 Å². The quantitative estimate of drug-likeness (QED) is 0.594. The first-order chi connectivity index (χ1) is 9.69. The Labute approximate surface area is 119 Å². The van der Waals surface area contributed by atoms with E-state index < -0.39 is 0 Å². The number of hydrogen-bond acceptors (Lipinski definition) is 3. The van der Waals surface area contributed by atoms with E-state index in [1.807, 2.05) is 0 Å². The number of carbonyl (C=O) groups excluding carboxylic acids is 2. The highest BCUT2D eigenvalue weighted by Gasteiger charge is 2.11. The summed E-state index contributed by atoms with van der Waals surface area (Å²) >= 11 is 0. The van der Waals surface area contributed by atoms with Crippen molar-refractivity contribution in [2.45, 2.75) is 39.0 Å². The average Bonchev–Trinajstić information content (AvgIpc) is 2.49. The van der Waals surface area contributed by atoms with Gasteiger partial charge in [0.15, 0.2) is 0 Å². The van der Waals surface area contributed by atoms with E-state index in [9.17, 15) is 9.59 Å². The van der Waals surface area contributed by atoms with Crippen LogP contribution in [0.2, 0.25) is 0 Å². The van der Waals surface area contributed by atoms with Crippen LogP contribution < -0.4 is 15.6 Å². The molecular weight excluding hydrogens is 256 g/mol.